The second kappa shape index (κ2) is 5.54. The van der Waals surface area contributed by atoms with Crippen LogP contribution in [0.3, 0.4) is 0 Å². The summed E-state index contributed by atoms with van der Waals surface area (Å²) in [6.07, 6.45) is 6.70. The molecule has 112 valence electrons. The molecule has 0 atom stereocenters. The lowest BCUT2D eigenvalue weighted by atomic mass is 9.97. The summed E-state index contributed by atoms with van der Waals surface area (Å²) in [5, 5.41) is 4.82. The number of benzene rings is 1. The van der Waals surface area contributed by atoms with Gasteiger partial charge in [0.25, 0.3) is 0 Å². The van der Waals surface area contributed by atoms with Crippen molar-refractivity contribution in [2.24, 2.45) is 0 Å². The summed E-state index contributed by atoms with van der Waals surface area (Å²) in [6, 6.07) is 10.3. The van der Waals surface area contributed by atoms with Gasteiger partial charge in [-0.2, -0.15) is 5.10 Å². The second-order valence-electron chi connectivity index (χ2n) is 5.79. The molecule has 0 saturated heterocycles. The summed E-state index contributed by atoms with van der Waals surface area (Å²) in [5.41, 5.74) is 6.79. The molecule has 1 aromatic carbocycles. The minimum absolute atomic E-state index is 0.502. The van der Waals surface area contributed by atoms with Gasteiger partial charge in [-0.1, -0.05) is 30.3 Å². The Morgan fingerprint density at radius 2 is 1.95 bits per heavy atom. The van der Waals surface area contributed by atoms with E-state index in [2.05, 4.69) is 12.1 Å². The van der Waals surface area contributed by atoms with Crippen molar-refractivity contribution in [3.8, 4) is 11.1 Å². The fourth-order valence-electron chi connectivity index (χ4n) is 3.33. The Morgan fingerprint density at radius 1 is 1.14 bits per heavy atom. The number of fused-ring (bicyclic) bond motifs is 3. The molecule has 0 amide bonds. The van der Waals surface area contributed by atoms with E-state index in [1.807, 2.05) is 28.9 Å². The summed E-state index contributed by atoms with van der Waals surface area (Å²) in [6.45, 7) is 0.502. The molecule has 0 unspecified atom stereocenters. The predicted molar refractivity (Wildman–Crippen MR) is 85.8 cm³/mol. The third-order valence-corrected chi connectivity index (χ3v) is 4.36. The molecule has 0 bridgehead atoms. The van der Waals surface area contributed by atoms with E-state index < -0.39 is 0 Å². The van der Waals surface area contributed by atoms with Crippen molar-refractivity contribution in [3.05, 3.63) is 53.5 Å². The number of hydrogen-bond acceptors (Lipinski definition) is 3. The molecular formula is C18H19N3O. The largest absolute Gasteiger partial charge is 0.378 e. The van der Waals surface area contributed by atoms with Crippen LogP contribution in [0.25, 0.3) is 16.8 Å². The topological polar surface area (TPSA) is 39.4 Å². The Hall–Kier alpha value is -2.20. The van der Waals surface area contributed by atoms with Crippen LogP contribution in [0, 0.1) is 0 Å². The van der Waals surface area contributed by atoms with Gasteiger partial charge in [-0.15, -0.1) is 0 Å². The molecule has 0 saturated carbocycles. The second-order valence-corrected chi connectivity index (χ2v) is 5.79. The summed E-state index contributed by atoms with van der Waals surface area (Å²) >= 11 is 0. The molecule has 1 aliphatic carbocycles. The van der Waals surface area contributed by atoms with Gasteiger partial charge in [0.15, 0.2) is 5.65 Å². The van der Waals surface area contributed by atoms with Crippen molar-refractivity contribution in [1.29, 1.82) is 0 Å². The third-order valence-electron chi connectivity index (χ3n) is 4.36. The van der Waals surface area contributed by atoms with E-state index >= 15 is 0 Å². The molecule has 4 nitrogen and oxygen atoms in total. The SMILES string of the molecule is COCc1nn2c3c(cnc2c1-c1ccccc1)CCCC3. The number of aryl methyl sites for hydroxylation is 2. The molecule has 0 radical (unpaired) electrons. The summed E-state index contributed by atoms with van der Waals surface area (Å²) < 4.78 is 7.41. The summed E-state index contributed by atoms with van der Waals surface area (Å²) in [5.74, 6) is 0. The standard InChI is InChI=1S/C18H19N3O/c1-22-12-15-17(13-7-3-2-4-8-13)18-19-11-14-9-5-6-10-16(14)21(18)20-15/h2-4,7-8,11H,5-6,9-10,12H2,1H3. The number of ether oxygens (including phenoxy) is 1. The molecule has 0 spiro atoms. The van der Waals surface area contributed by atoms with E-state index in [1.54, 1.807) is 7.11 Å². The lowest BCUT2D eigenvalue weighted by molar-refractivity contribution is 0.181. The van der Waals surface area contributed by atoms with Crippen LogP contribution in [0.4, 0.5) is 0 Å². The minimum atomic E-state index is 0.502. The maximum atomic E-state index is 5.36. The van der Waals surface area contributed by atoms with Gasteiger partial charge in [0.1, 0.15) is 0 Å². The van der Waals surface area contributed by atoms with Gasteiger partial charge in [-0.3, -0.25) is 0 Å². The van der Waals surface area contributed by atoms with Crippen molar-refractivity contribution < 1.29 is 4.74 Å². The molecule has 2 aromatic heterocycles. The van der Waals surface area contributed by atoms with Crippen LogP contribution in [-0.2, 0) is 24.2 Å². The number of rotatable bonds is 3. The number of methoxy groups -OCH3 is 1. The fourth-order valence-corrected chi connectivity index (χ4v) is 3.33. The zero-order chi connectivity index (χ0) is 14.9. The molecule has 0 N–H and O–H groups in total. The maximum absolute atomic E-state index is 5.36. The Morgan fingerprint density at radius 3 is 2.77 bits per heavy atom. The normalized spacial score (nSPS) is 14.2. The van der Waals surface area contributed by atoms with Crippen LogP contribution in [-0.4, -0.2) is 21.7 Å². The monoisotopic (exact) mass is 293 g/mol. The first-order chi connectivity index (χ1) is 10.9. The van der Waals surface area contributed by atoms with Crippen LogP contribution in [0.15, 0.2) is 36.5 Å². The zero-order valence-corrected chi connectivity index (χ0v) is 12.7. The van der Waals surface area contributed by atoms with Gasteiger partial charge < -0.3 is 4.74 Å². The van der Waals surface area contributed by atoms with Crippen molar-refractivity contribution in [1.82, 2.24) is 14.6 Å². The van der Waals surface area contributed by atoms with E-state index in [1.165, 1.54) is 24.1 Å². The van der Waals surface area contributed by atoms with Crippen LogP contribution < -0.4 is 0 Å². The predicted octanol–water partition coefficient (Wildman–Crippen LogP) is 3.42. The number of nitrogens with zero attached hydrogens (tertiary/aromatic N) is 3. The Balaban J connectivity index is 1.99. The van der Waals surface area contributed by atoms with Crippen molar-refractivity contribution in [2.45, 2.75) is 32.3 Å². The van der Waals surface area contributed by atoms with Crippen LogP contribution >= 0.6 is 0 Å². The molecule has 22 heavy (non-hydrogen) atoms. The number of hydrogen-bond donors (Lipinski definition) is 0. The van der Waals surface area contributed by atoms with Gasteiger partial charge in [0.05, 0.1) is 17.9 Å². The molecule has 4 heteroatoms. The molecular weight excluding hydrogens is 274 g/mol. The fraction of sp³-hybridized carbons (Fsp3) is 0.333. The smallest absolute Gasteiger partial charge is 0.163 e. The zero-order valence-electron chi connectivity index (χ0n) is 12.7. The lowest BCUT2D eigenvalue weighted by Gasteiger charge is -2.15. The molecule has 4 rings (SSSR count). The van der Waals surface area contributed by atoms with Crippen LogP contribution in [0.5, 0.6) is 0 Å². The molecule has 0 fully saturated rings. The quantitative estimate of drug-likeness (QED) is 0.743. The maximum Gasteiger partial charge on any atom is 0.163 e. The van der Waals surface area contributed by atoms with Crippen molar-refractivity contribution in [2.75, 3.05) is 7.11 Å². The Bertz CT molecular complexity index is 808. The molecule has 2 heterocycles. The highest BCUT2D eigenvalue weighted by atomic mass is 16.5. The van der Waals surface area contributed by atoms with E-state index in [0.717, 1.165) is 35.3 Å². The van der Waals surface area contributed by atoms with E-state index in [0.29, 0.717) is 6.61 Å². The lowest BCUT2D eigenvalue weighted by Crippen LogP contribution is -2.10. The van der Waals surface area contributed by atoms with Gasteiger partial charge in [-0.05, 0) is 36.8 Å². The van der Waals surface area contributed by atoms with Gasteiger partial charge in [0.2, 0.25) is 0 Å². The van der Waals surface area contributed by atoms with Gasteiger partial charge in [-0.25, -0.2) is 9.50 Å². The highest BCUT2D eigenvalue weighted by Gasteiger charge is 2.20. The van der Waals surface area contributed by atoms with E-state index in [4.69, 9.17) is 14.8 Å². The summed E-state index contributed by atoms with van der Waals surface area (Å²) in [7, 11) is 1.71. The molecule has 3 aromatic rings. The first-order valence-corrected chi connectivity index (χ1v) is 7.81. The Labute approximate surface area is 129 Å². The third kappa shape index (κ3) is 2.11. The average Bonchev–Trinajstić information content (AvgIpc) is 2.94. The van der Waals surface area contributed by atoms with Gasteiger partial charge in [0, 0.05) is 19.0 Å². The average molecular weight is 293 g/mol. The molecule has 1 aliphatic rings. The van der Waals surface area contributed by atoms with E-state index in [9.17, 15) is 0 Å². The van der Waals surface area contributed by atoms with Crippen LogP contribution in [0.1, 0.15) is 29.8 Å². The summed E-state index contributed by atoms with van der Waals surface area (Å²) in [4.78, 5) is 4.72. The highest BCUT2D eigenvalue weighted by molar-refractivity contribution is 5.80. The Kier molecular flexibility index (Phi) is 3.39. The first-order valence-electron chi connectivity index (χ1n) is 7.81. The van der Waals surface area contributed by atoms with Crippen molar-refractivity contribution >= 4 is 5.65 Å². The van der Waals surface area contributed by atoms with Gasteiger partial charge >= 0.3 is 0 Å². The van der Waals surface area contributed by atoms with E-state index in [-0.39, 0.29) is 0 Å². The minimum Gasteiger partial charge on any atom is -0.378 e. The first kappa shape index (κ1) is 13.5. The number of aromatic nitrogens is 3. The van der Waals surface area contributed by atoms with Crippen molar-refractivity contribution in [3.63, 3.8) is 0 Å². The molecule has 0 aliphatic heterocycles. The van der Waals surface area contributed by atoms with Crippen LogP contribution in [0.2, 0.25) is 0 Å². The highest BCUT2D eigenvalue weighted by Crippen LogP contribution is 2.30.